The molecule has 3 saturated carbocycles. The summed E-state index contributed by atoms with van der Waals surface area (Å²) in [5, 5.41) is 0. The quantitative estimate of drug-likeness (QED) is 0.416. The minimum atomic E-state index is -0.379. The van der Waals surface area contributed by atoms with Gasteiger partial charge in [-0.1, -0.05) is 60.0 Å². The van der Waals surface area contributed by atoms with Crippen molar-refractivity contribution in [2.24, 2.45) is 46.3 Å². The van der Waals surface area contributed by atoms with E-state index in [4.69, 9.17) is 9.47 Å². The highest BCUT2D eigenvalue weighted by Crippen LogP contribution is 2.70. The van der Waals surface area contributed by atoms with Crippen molar-refractivity contribution < 1.29 is 9.47 Å². The molecule has 176 valence electrons. The number of allylic oxidation sites excluding steroid dienone is 1. The molecule has 1 spiro atoms. The van der Waals surface area contributed by atoms with Crippen LogP contribution in [0.1, 0.15) is 105 Å². The molecule has 1 heterocycles. The van der Waals surface area contributed by atoms with Crippen molar-refractivity contribution in [2.45, 2.75) is 111 Å². The second-order valence-corrected chi connectivity index (χ2v) is 13.0. The van der Waals surface area contributed by atoms with Crippen LogP contribution < -0.4 is 0 Å². The lowest BCUT2D eigenvalue weighted by atomic mass is 9.45. The largest absolute Gasteiger partial charge is 0.344 e. The maximum Gasteiger partial charge on any atom is 0.191 e. The average Bonchev–Trinajstić information content (AvgIpc) is 3.32. The molecule has 0 unspecified atom stereocenters. The van der Waals surface area contributed by atoms with E-state index in [0.717, 1.165) is 55.1 Å². The fourth-order valence-electron chi connectivity index (χ4n) is 9.60. The first-order valence-corrected chi connectivity index (χ1v) is 13.8. The minimum absolute atomic E-state index is 0.299. The lowest BCUT2D eigenvalue weighted by Crippen LogP contribution is -2.58. The lowest BCUT2D eigenvalue weighted by Gasteiger charge is -2.62. The Morgan fingerprint density at radius 3 is 2.48 bits per heavy atom. The van der Waals surface area contributed by atoms with Crippen molar-refractivity contribution in [2.75, 3.05) is 13.2 Å². The normalized spacial score (nSPS) is 44.6. The summed E-state index contributed by atoms with van der Waals surface area (Å²) in [5.41, 5.74) is 2.38. The van der Waals surface area contributed by atoms with Crippen molar-refractivity contribution in [3.8, 4) is 0 Å². The highest BCUT2D eigenvalue weighted by molar-refractivity contribution is 5.31. The molecule has 0 amide bonds. The van der Waals surface area contributed by atoms with Gasteiger partial charge < -0.3 is 9.47 Å². The van der Waals surface area contributed by atoms with Gasteiger partial charge in [-0.25, -0.2) is 0 Å². The number of ether oxygens (including phenoxy) is 2. The number of fused-ring (bicyclic) bond motifs is 6. The molecule has 0 aromatic carbocycles. The Kier molecular flexibility index (Phi) is 5.91. The van der Waals surface area contributed by atoms with Crippen molar-refractivity contribution in [1.82, 2.24) is 0 Å². The molecule has 31 heavy (non-hydrogen) atoms. The minimum Gasteiger partial charge on any atom is -0.344 e. The van der Waals surface area contributed by atoms with E-state index in [9.17, 15) is 0 Å². The third-order valence-corrected chi connectivity index (χ3v) is 11.0. The Bertz CT molecular complexity index is 689. The zero-order valence-corrected chi connectivity index (χ0v) is 21.1. The Morgan fingerprint density at radius 2 is 1.74 bits per heavy atom. The van der Waals surface area contributed by atoms with Crippen LogP contribution in [0.25, 0.3) is 0 Å². The van der Waals surface area contributed by atoms with Gasteiger partial charge in [-0.3, -0.25) is 0 Å². The van der Waals surface area contributed by atoms with Crippen LogP contribution >= 0.6 is 0 Å². The molecule has 0 radical (unpaired) electrons. The van der Waals surface area contributed by atoms with Crippen molar-refractivity contribution in [1.29, 1.82) is 0 Å². The number of rotatable bonds is 5. The molecule has 4 aliphatic carbocycles. The van der Waals surface area contributed by atoms with Gasteiger partial charge in [0.1, 0.15) is 0 Å². The summed E-state index contributed by atoms with van der Waals surface area (Å²) in [5.74, 6) is 4.75. The van der Waals surface area contributed by atoms with E-state index in [1.807, 2.05) is 0 Å². The highest BCUT2D eigenvalue weighted by Gasteiger charge is 2.65. The third-order valence-electron chi connectivity index (χ3n) is 11.0. The zero-order chi connectivity index (χ0) is 21.9. The summed E-state index contributed by atoms with van der Waals surface area (Å²) in [6, 6.07) is 0. The van der Waals surface area contributed by atoms with Gasteiger partial charge in [-0.15, -0.1) is 0 Å². The van der Waals surface area contributed by atoms with Crippen LogP contribution in [0.5, 0.6) is 0 Å². The van der Waals surface area contributed by atoms with E-state index in [-0.39, 0.29) is 5.79 Å². The van der Waals surface area contributed by atoms with Gasteiger partial charge in [0.25, 0.3) is 0 Å². The predicted molar refractivity (Wildman–Crippen MR) is 128 cm³/mol. The van der Waals surface area contributed by atoms with E-state index in [2.05, 4.69) is 40.7 Å². The lowest BCUT2D eigenvalue weighted by molar-refractivity contribution is -0.204. The maximum absolute atomic E-state index is 6.51. The Hall–Kier alpha value is -0.340. The van der Waals surface area contributed by atoms with Crippen LogP contribution in [-0.4, -0.2) is 19.0 Å². The second-order valence-electron chi connectivity index (χ2n) is 13.0. The molecule has 2 heteroatoms. The van der Waals surface area contributed by atoms with Gasteiger partial charge in [0.2, 0.25) is 0 Å². The Labute approximate surface area is 191 Å². The topological polar surface area (TPSA) is 18.5 Å². The molecule has 0 N–H and O–H groups in total. The summed E-state index contributed by atoms with van der Waals surface area (Å²) < 4.78 is 13.0. The Balaban J connectivity index is 1.40. The van der Waals surface area contributed by atoms with Crippen molar-refractivity contribution in [3.05, 3.63) is 11.6 Å². The number of hydrogen-bond donors (Lipinski definition) is 0. The molecule has 7 atom stereocenters. The van der Waals surface area contributed by atoms with Gasteiger partial charge in [0.05, 0.1) is 13.2 Å². The first-order valence-electron chi connectivity index (χ1n) is 13.8. The standard InChI is InChI=1S/C29H48O2/c1-20(2)9-8-10-21(3)23-12-13-24-22-19-29(30-17-18-31-29)26-11-6-7-15-28(26,5)25(22)14-16-27(23,24)4/h11,20-25H,6-10,12-19H2,1-5H3/t21-,22+,23-,24+,25+,27-,28-/m1/s1. The van der Waals surface area contributed by atoms with Crippen LogP contribution in [0.2, 0.25) is 0 Å². The van der Waals surface area contributed by atoms with E-state index < -0.39 is 0 Å². The van der Waals surface area contributed by atoms with Crippen LogP contribution in [0, 0.1) is 46.3 Å². The van der Waals surface area contributed by atoms with Gasteiger partial charge in [-0.2, -0.15) is 0 Å². The summed E-state index contributed by atoms with van der Waals surface area (Å²) >= 11 is 0. The summed E-state index contributed by atoms with van der Waals surface area (Å²) in [6.45, 7) is 14.2. The first-order chi connectivity index (χ1) is 14.8. The van der Waals surface area contributed by atoms with Gasteiger partial charge in [0, 0.05) is 6.42 Å². The van der Waals surface area contributed by atoms with Crippen molar-refractivity contribution in [3.63, 3.8) is 0 Å². The van der Waals surface area contributed by atoms with Gasteiger partial charge >= 0.3 is 0 Å². The highest BCUT2D eigenvalue weighted by atomic mass is 16.7. The summed E-state index contributed by atoms with van der Waals surface area (Å²) in [6.07, 6.45) is 17.6. The van der Waals surface area contributed by atoms with Crippen LogP contribution in [0.3, 0.4) is 0 Å². The van der Waals surface area contributed by atoms with Crippen LogP contribution in [0.4, 0.5) is 0 Å². The van der Waals surface area contributed by atoms with E-state index in [1.54, 1.807) is 5.57 Å². The fourth-order valence-corrected chi connectivity index (χ4v) is 9.60. The SMILES string of the molecule is CC(C)CCC[C@@H](C)[C@H]1CC[C@H]2[C@@H]3CC4(OCCO4)C4=CCCC[C@]4(C)[C@H]3CC[C@]12C. The molecule has 0 bridgehead atoms. The van der Waals surface area contributed by atoms with Gasteiger partial charge in [-0.05, 0) is 96.9 Å². The zero-order valence-electron chi connectivity index (χ0n) is 21.1. The van der Waals surface area contributed by atoms with E-state index in [0.29, 0.717) is 10.8 Å². The maximum atomic E-state index is 6.51. The molecule has 5 rings (SSSR count). The average molecular weight is 429 g/mol. The molecular weight excluding hydrogens is 380 g/mol. The third kappa shape index (κ3) is 3.49. The second kappa shape index (κ2) is 8.15. The van der Waals surface area contributed by atoms with E-state index >= 15 is 0 Å². The number of hydrogen-bond acceptors (Lipinski definition) is 2. The molecule has 4 fully saturated rings. The molecule has 5 aliphatic rings. The molecular formula is C29H48O2. The van der Waals surface area contributed by atoms with Gasteiger partial charge in [0.15, 0.2) is 5.79 Å². The predicted octanol–water partition coefficient (Wildman–Crippen LogP) is 7.77. The van der Waals surface area contributed by atoms with Crippen LogP contribution in [0.15, 0.2) is 11.6 Å². The monoisotopic (exact) mass is 428 g/mol. The molecule has 1 saturated heterocycles. The fraction of sp³-hybridized carbons (Fsp3) is 0.931. The molecule has 1 aliphatic heterocycles. The Morgan fingerprint density at radius 1 is 0.968 bits per heavy atom. The molecule has 0 aromatic heterocycles. The summed E-state index contributed by atoms with van der Waals surface area (Å²) in [7, 11) is 0. The molecule has 0 aromatic rings. The van der Waals surface area contributed by atoms with E-state index in [1.165, 1.54) is 64.2 Å². The summed E-state index contributed by atoms with van der Waals surface area (Å²) in [4.78, 5) is 0. The first kappa shape index (κ1) is 22.5. The smallest absolute Gasteiger partial charge is 0.191 e. The molecule has 2 nitrogen and oxygen atoms in total. The van der Waals surface area contributed by atoms with Crippen LogP contribution in [-0.2, 0) is 9.47 Å². The van der Waals surface area contributed by atoms with Crippen molar-refractivity contribution >= 4 is 0 Å².